The highest BCUT2D eigenvalue weighted by Crippen LogP contribution is 2.26. The first-order chi connectivity index (χ1) is 7.39. The molecule has 0 bridgehead atoms. The van der Waals surface area contributed by atoms with Crippen LogP contribution in [0.4, 0.5) is 13.2 Å². The molecule has 0 aliphatic carbocycles. The molecule has 1 amide bonds. The van der Waals surface area contributed by atoms with Crippen molar-refractivity contribution in [3.05, 3.63) is 17.5 Å². The zero-order chi connectivity index (χ0) is 11.9. The third-order valence-electron chi connectivity index (χ3n) is 2.37. The van der Waals surface area contributed by atoms with Crippen molar-refractivity contribution < 1.29 is 23.1 Å². The van der Waals surface area contributed by atoms with E-state index in [1.54, 1.807) is 0 Å². The molecule has 0 saturated heterocycles. The number of fused-ring (bicyclic) bond motifs is 1. The SMILES string of the molecule is O=C([C@H](O)C(F)(F)F)N1Cc2cn[nH]c2C1. The van der Waals surface area contributed by atoms with Crippen LogP contribution in [0.5, 0.6) is 0 Å². The van der Waals surface area contributed by atoms with Crippen molar-refractivity contribution in [1.82, 2.24) is 15.1 Å². The summed E-state index contributed by atoms with van der Waals surface area (Å²) < 4.78 is 36.3. The summed E-state index contributed by atoms with van der Waals surface area (Å²) in [4.78, 5) is 12.2. The average molecular weight is 235 g/mol. The molecule has 0 unspecified atom stereocenters. The molecule has 88 valence electrons. The number of halogens is 3. The van der Waals surface area contributed by atoms with Gasteiger partial charge < -0.3 is 10.0 Å². The van der Waals surface area contributed by atoms with Crippen LogP contribution in [0.3, 0.4) is 0 Å². The van der Waals surface area contributed by atoms with Crippen molar-refractivity contribution >= 4 is 5.91 Å². The highest BCUT2D eigenvalue weighted by molar-refractivity contribution is 5.82. The maximum Gasteiger partial charge on any atom is 0.423 e. The number of carbonyl (C=O) groups is 1. The highest BCUT2D eigenvalue weighted by atomic mass is 19.4. The standard InChI is InChI=1S/C8H8F3N3O2/c9-8(10,11)6(15)7(16)14-2-4-1-12-13-5(4)3-14/h1,6,15H,2-3H2,(H,12,13)/t6-/m0/s1. The van der Waals surface area contributed by atoms with Crippen LogP contribution in [0.15, 0.2) is 6.20 Å². The van der Waals surface area contributed by atoms with Crippen molar-refractivity contribution in [2.45, 2.75) is 25.4 Å². The Balaban J connectivity index is 2.07. The third-order valence-corrected chi connectivity index (χ3v) is 2.37. The smallest absolute Gasteiger partial charge is 0.376 e. The molecule has 1 aromatic rings. The molecule has 5 nitrogen and oxygen atoms in total. The number of H-pyrrole nitrogens is 1. The predicted octanol–water partition coefficient (Wildman–Crippen LogP) is 0.175. The van der Waals surface area contributed by atoms with Crippen molar-refractivity contribution in [2.24, 2.45) is 0 Å². The van der Waals surface area contributed by atoms with E-state index < -0.39 is 18.2 Å². The summed E-state index contributed by atoms with van der Waals surface area (Å²) in [6, 6.07) is 0. The number of nitrogens with zero attached hydrogens (tertiary/aromatic N) is 2. The number of rotatable bonds is 1. The maximum atomic E-state index is 12.1. The van der Waals surface area contributed by atoms with Gasteiger partial charge in [-0.05, 0) is 0 Å². The quantitative estimate of drug-likeness (QED) is 0.729. The zero-order valence-electron chi connectivity index (χ0n) is 7.95. The molecule has 1 atom stereocenters. The molecule has 1 aliphatic rings. The summed E-state index contributed by atoms with van der Waals surface area (Å²) in [5.41, 5.74) is 1.27. The van der Waals surface area contributed by atoms with Gasteiger partial charge in [0, 0.05) is 12.1 Å². The van der Waals surface area contributed by atoms with Crippen LogP contribution in [-0.4, -0.2) is 38.4 Å². The first kappa shape index (κ1) is 10.9. The van der Waals surface area contributed by atoms with Crippen molar-refractivity contribution in [3.8, 4) is 0 Å². The Hall–Kier alpha value is -1.57. The van der Waals surface area contributed by atoms with Gasteiger partial charge in [0.1, 0.15) is 0 Å². The van der Waals surface area contributed by atoms with Crippen LogP contribution in [0.1, 0.15) is 11.3 Å². The van der Waals surface area contributed by atoms with Crippen LogP contribution in [-0.2, 0) is 17.9 Å². The van der Waals surface area contributed by atoms with Gasteiger partial charge in [-0.3, -0.25) is 9.89 Å². The van der Waals surface area contributed by atoms with Gasteiger partial charge in [-0.1, -0.05) is 0 Å². The van der Waals surface area contributed by atoms with E-state index in [4.69, 9.17) is 5.11 Å². The highest BCUT2D eigenvalue weighted by Gasteiger charge is 2.46. The Morgan fingerprint density at radius 1 is 1.56 bits per heavy atom. The number of aromatic nitrogens is 2. The summed E-state index contributed by atoms with van der Waals surface area (Å²) in [6.45, 7) is 0.0547. The number of nitrogens with one attached hydrogen (secondary N) is 1. The van der Waals surface area contributed by atoms with Crippen LogP contribution < -0.4 is 0 Å². The zero-order valence-corrected chi connectivity index (χ0v) is 7.95. The molecular formula is C8H8F3N3O2. The molecule has 0 radical (unpaired) electrons. The minimum Gasteiger partial charge on any atom is -0.376 e. The fraction of sp³-hybridized carbons (Fsp3) is 0.500. The number of aliphatic hydroxyl groups is 1. The minimum atomic E-state index is -4.92. The first-order valence-electron chi connectivity index (χ1n) is 4.44. The summed E-state index contributed by atoms with van der Waals surface area (Å²) in [5.74, 6) is -1.34. The third kappa shape index (κ3) is 1.75. The number of hydrogen-bond donors (Lipinski definition) is 2. The van der Waals surface area contributed by atoms with E-state index in [1.807, 2.05) is 0 Å². The number of amides is 1. The first-order valence-corrected chi connectivity index (χ1v) is 4.44. The van der Waals surface area contributed by atoms with E-state index >= 15 is 0 Å². The second-order valence-corrected chi connectivity index (χ2v) is 3.51. The number of carbonyl (C=O) groups excluding carboxylic acids is 1. The fourth-order valence-electron chi connectivity index (χ4n) is 1.53. The lowest BCUT2D eigenvalue weighted by Gasteiger charge is -2.20. The van der Waals surface area contributed by atoms with Gasteiger partial charge in [0.15, 0.2) is 0 Å². The van der Waals surface area contributed by atoms with Gasteiger partial charge in [0.05, 0.1) is 18.4 Å². The molecule has 0 spiro atoms. The predicted molar refractivity (Wildman–Crippen MR) is 44.9 cm³/mol. The molecule has 2 N–H and O–H groups in total. The maximum absolute atomic E-state index is 12.1. The number of aromatic amines is 1. The lowest BCUT2D eigenvalue weighted by molar-refractivity contribution is -0.211. The monoisotopic (exact) mass is 235 g/mol. The van der Waals surface area contributed by atoms with E-state index in [9.17, 15) is 18.0 Å². The molecule has 0 aromatic carbocycles. The molecular weight excluding hydrogens is 227 g/mol. The van der Waals surface area contributed by atoms with Crippen LogP contribution >= 0.6 is 0 Å². The van der Waals surface area contributed by atoms with E-state index in [-0.39, 0.29) is 13.1 Å². The second kappa shape index (κ2) is 3.48. The Morgan fingerprint density at radius 2 is 2.25 bits per heavy atom. The minimum absolute atomic E-state index is 0.0152. The lowest BCUT2D eigenvalue weighted by Crippen LogP contribution is -2.44. The largest absolute Gasteiger partial charge is 0.423 e. The Morgan fingerprint density at radius 3 is 2.81 bits per heavy atom. The molecule has 0 saturated carbocycles. The van der Waals surface area contributed by atoms with E-state index in [1.165, 1.54) is 6.20 Å². The summed E-state index contributed by atoms with van der Waals surface area (Å²) in [7, 11) is 0. The Labute approximate surface area is 87.9 Å². The summed E-state index contributed by atoms with van der Waals surface area (Å²) >= 11 is 0. The molecule has 8 heteroatoms. The van der Waals surface area contributed by atoms with E-state index in [2.05, 4.69) is 10.2 Å². The molecule has 0 fully saturated rings. The Kier molecular flexibility index (Phi) is 2.38. The average Bonchev–Trinajstić information content (AvgIpc) is 2.72. The summed E-state index contributed by atoms with van der Waals surface area (Å²) in [6.07, 6.45) is -6.43. The molecule has 2 heterocycles. The number of aliphatic hydroxyl groups excluding tert-OH is 1. The van der Waals surface area contributed by atoms with Crippen molar-refractivity contribution in [2.75, 3.05) is 0 Å². The van der Waals surface area contributed by atoms with Crippen molar-refractivity contribution in [1.29, 1.82) is 0 Å². The van der Waals surface area contributed by atoms with Gasteiger partial charge in [0.25, 0.3) is 5.91 Å². The fourth-order valence-corrected chi connectivity index (χ4v) is 1.53. The second-order valence-electron chi connectivity index (χ2n) is 3.51. The normalized spacial score (nSPS) is 17.4. The van der Waals surface area contributed by atoms with Gasteiger partial charge >= 0.3 is 6.18 Å². The van der Waals surface area contributed by atoms with Gasteiger partial charge in [-0.15, -0.1) is 0 Å². The molecule has 1 aliphatic heterocycles. The molecule has 1 aromatic heterocycles. The van der Waals surface area contributed by atoms with Crippen LogP contribution in [0.2, 0.25) is 0 Å². The lowest BCUT2D eigenvalue weighted by atomic mass is 10.3. The number of alkyl halides is 3. The van der Waals surface area contributed by atoms with Crippen LogP contribution in [0, 0.1) is 0 Å². The van der Waals surface area contributed by atoms with E-state index in [0.29, 0.717) is 11.3 Å². The van der Waals surface area contributed by atoms with Gasteiger partial charge in [-0.25, -0.2) is 0 Å². The van der Waals surface area contributed by atoms with Gasteiger partial charge in [-0.2, -0.15) is 18.3 Å². The number of hydrogen-bond acceptors (Lipinski definition) is 3. The molecule has 16 heavy (non-hydrogen) atoms. The topological polar surface area (TPSA) is 69.2 Å². The Bertz CT molecular complexity index is 394. The van der Waals surface area contributed by atoms with Crippen molar-refractivity contribution in [3.63, 3.8) is 0 Å². The molecule has 2 rings (SSSR count). The van der Waals surface area contributed by atoms with E-state index in [0.717, 1.165) is 4.90 Å². The van der Waals surface area contributed by atoms with Gasteiger partial charge in [0.2, 0.25) is 6.10 Å². The summed E-state index contributed by atoms with van der Waals surface area (Å²) in [5, 5.41) is 15.0. The van der Waals surface area contributed by atoms with Crippen LogP contribution in [0.25, 0.3) is 0 Å².